The first-order chi connectivity index (χ1) is 16.1. The molecule has 0 aromatic heterocycles. The van der Waals surface area contributed by atoms with Crippen LogP contribution in [0.4, 0.5) is 8.78 Å². The predicted octanol–water partition coefficient (Wildman–Crippen LogP) is 5.24. The number of nitrogens with zero attached hydrogens (tertiary/aromatic N) is 1. The Bertz CT molecular complexity index is 1200. The molecule has 9 heteroatoms. The zero-order valence-electron chi connectivity index (χ0n) is 18.2. The number of rotatable bonds is 8. The molecule has 3 aromatic carbocycles. The van der Waals surface area contributed by atoms with Gasteiger partial charge in [0.15, 0.2) is 9.84 Å². The highest BCUT2D eigenvalue weighted by atomic mass is 35.5. The smallest absolute Gasteiger partial charge is 0.155 e. The Balaban J connectivity index is 1.54. The van der Waals surface area contributed by atoms with Crippen LogP contribution in [0.15, 0.2) is 66.7 Å². The van der Waals surface area contributed by atoms with E-state index < -0.39 is 32.6 Å². The van der Waals surface area contributed by atoms with Crippen molar-refractivity contribution < 1.29 is 17.2 Å². The van der Waals surface area contributed by atoms with Crippen molar-refractivity contribution in [2.24, 2.45) is 11.1 Å². The fourth-order valence-electron chi connectivity index (χ4n) is 4.65. The minimum Gasteiger partial charge on any atom is -0.330 e. The third-order valence-corrected chi connectivity index (χ3v) is 8.41. The van der Waals surface area contributed by atoms with Crippen LogP contribution < -0.4 is 5.73 Å². The molecule has 0 saturated carbocycles. The molecule has 180 valence electrons. The van der Waals surface area contributed by atoms with Crippen molar-refractivity contribution in [2.75, 3.05) is 25.4 Å². The molecule has 0 unspecified atom stereocenters. The van der Waals surface area contributed by atoms with E-state index in [1.807, 2.05) is 48.5 Å². The van der Waals surface area contributed by atoms with Gasteiger partial charge in [-0.2, -0.15) is 0 Å². The van der Waals surface area contributed by atoms with E-state index in [4.69, 9.17) is 28.9 Å². The molecule has 1 heterocycles. The van der Waals surface area contributed by atoms with Crippen LogP contribution in [0.3, 0.4) is 0 Å². The van der Waals surface area contributed by atoms with Crippen LogP contribution in [0.2, 0.25) is 10.0 Å². The molecule has 34 heavy (non-hydrogen) atoms. The number of hydrogen-bond donors (Lipinski definition) is 1. The Labute approximate surface area is 208 Å². The van der Waals surface area contributed by atoms with Crippen LogP contribution in [0.25, 0.3) is 0 Å². The molecule has 0 aliphatic carbocycles. The van der Waals surface area contributed by atoms with E-state index in [9.17, 15) is 17.2 Å². The molecule has 1 aliphatic heterocycles. The van der Waals surface area contributed by atoms with Crippen molar-refractivity contribution >= 4 is 33.0 Å². The highest BCUT2D eigenvalue weighted by Crippen LogP contribution is 2.41. The van der Waals surface area contributed by atoms with Gasteiger partial charge in [0.2, 0.25) is 0 Å². The zero-order chi connectivity index (χ0) is 24.5. The topological polar surface area (TPSA) is 63.4 Å². The summed E-state index contributed by atoms with van der Waals surface area (Å²) < 4.78 is 52.9. The maximum atomic E-state index is 13.5. The average Bonchev–Trinajstić information content (AvgIpc) is 2.73. The first-order valence-corrected chi connectivity index (χ1v) is 13.3. The highest BCUT2D eigenvalue weighted by Gasteiger charge is 2.47. The van der Waals surface area contributed by atoms with E-state index in [2.05, 4.69) is 4.90 Å². The Kier molecular flexibility index (Phi) is 7.31. The normalized spacial score (nSPS) is 15.9. The van der Waals surface area contributed by atoms with Crippen molar-refractivity contribution in [1.29, 1.82) is 0 Å². The van der Waals surface area contributed by atoms with Crippen molar-refractivity contribution in [1.82, 2.24) is 4.90 Å². The van der Waals surface area contributed by atoms with Crippen LogP contribution >= 0.6 is 23.2 Å². The monoisotopic (exact) mass is 524 g/mol. The summed E-state index contributed by atoms with van der Waals surface area (Å²) in [7, 11) is -3.66. The number of likely N-dealkylation sites (tertiary alicyclic amines) is 1. The largest absolute Gasteiger partial charge is 0.330 e. The van der Waals surface area contributed by atoms with Gasteiger partial charge in [0.25, 0.3) is 0 Å². The second-order valence-electron chi connectivity index (χ2n) is 8.92. The van der Waals surface area contributed by atoms with Gasteiger partial charge in [0.1, 0.15) is 11.6 Å². The van der Waals surface area contributed by atoms with Crippen molar-refractivity contribution in [3.63, 3.8) is 0 Å². The second-order valence-corrected chi connectivity index (χ2v) is 11.9. The van der Waals surface area contributed by atoms with Crippen molar-refractivity contribution in [3.8, 4) is 0 Å². The van der Waals surface area contributed by atoms with E-state index in [-0.39, 0.29) is 23.9 Å². The lowest BCUT2D eigenvalue weighted by Gasteiger charge is -2.53. The summed E-state index contributed by atoms with van der Waals surface area (Å²) in [6, 6.07) is 17.7. The molecule has 1 fully saturated rings. The zero-order valence-corrected chi connectivity index (χ0v) is 20.6. The van der Waals surface area contributed by atoms with Gasteiger partial charge in [0.05, 0.1) is 17.5 Å². The summed E-state index contributed by atoms with van der Waals surface area (Å²) in [6.45, 7) is 1.08. The molecule has 0 atom stereocenters. The summed E-state index contributed by atoms with van der Waals surface area (Å²) in [5.41, 5.74) is 7.50. The maximum Gasteiger partial charge on any atom is 0.155 e. The third-order valence-electron chi connectivity index (χ3n) is 6.08. The predicted molar refractivity (Wildman–Crippen MR) is 132 cm³/mol. The number of halogens is 4. The molecule has 0 bridgehead atoms. The lowest BCUT2D eigenvalue weighted by molar-refractivity contribution is 0.00118. The fraction of sp³-hybridized carbons (Fsp3) is 0.280. The number of sulfone groups is 1. The van der Waals surface area contributed by atoms with Gasteiger partial charge in [-0.05, 0) is 53.1 Å². The van der Waals surface area contributed by atoms with E-state index in [1.165, 1.54) is 0 Å². The van der Waals surface area contributed by atoms with Crippen molar-refractivity contribution in [2.45, 2.75) is 11.8 Å². The minimum absolute atomic E-state index is 0.0843. The molecule has 1 saturated heterocycles. The fourth-order valence-corrected chi connectivity index (χ4v) is 6.91. The maximum absolute atomic E-state index is 13.5. The van der Waals surface area contributed by atoms with Crippen LogP contribution in [0.5, 0.6) is 0 Å². The molecule has 3 aromatic rings. The number of nitrogens with two attached hydrogens (primary N) is 1. The van der Waals surface area contributed by atoms with Crippen LogP contribution in [0, 0.1) is 17.0 Å². The first kappa shape index (κ1) is 25.1. The molecule has 0 amide bonds. The van der Waals surface area contributed by atoms with Crippen molar-refractivity contribution in [3.05, 3.63) is 105 Å². The quantitative estimate of drug-likeness (QED) is 0.437. The molecule has 4 nitrogen and oxygen atoms in total. The van der Waals surface area contributed by atoms with Gasteiger partial charge in [-0.3, -0.25) is 4.90 Å². The third kappa shape index (κ3) is 5.78. The average molecular weight is 525 g/mol. The van der Waals surface area contributed by atoms with Gasteiger partial charge in [-0.25, -0.2) is 17.2 Å². The van der Waals surface area contributed by atoms with Gasteiger partial charge in [-0.15, -0.1) is 0 Å². The Morgan fingerprint density at radius 3 is 1.79 bits per heavy atom. The minimum atomic E-state index is -3.66. The van der Waals surface area contributed by atoms with E-state index >= 15 is 0 Å². The van der Waals surface area contributed by atoms with E-state index in [1.54, 1.807) is 0 Å². The van der Waals surface area contributed by atoms with Gasteiger partial charge >= 0.3 is 0 Å². The SMILES string of the molecule is NCC1(CS(=O)(=O)Cc2cc(F)cc(F)c2)CN(C(c2ccc(Cl)cc2)c2ccc(Cl)cc2)C1. The summed E-state index contributed by atoms with van der Waals surface area (Å²) in [5.74, 6) is -2.22. The lowest BCUT2D eigenvalue weighted by atomic mass is 9.79. The summed E-state index contributed by atoms with van der Waals surface area (Å²) >= 11 is 12.2. The lowest BCUT2D eigenvalue weighted by Crippen LogP contribution is -2.63. The summed E-state index contributed by atoms with van der Waals surface area (Å²) in [6.07, 6.45) is 0. The molecule has 0 spiro atoms. The highest BCUT2D eigenvalue weighted by molar-refractivity contribution is 7.90. The molecule has 4 rings (SSSR count). The molecule has 0 radical (unpaired) electrons. The summed E-state index contributed by atoms with van der Waals surface area (Å²) in [5, 5.41) is 1.25. The Morgan fingerprint density at radius 1 is 0.882 bits per heavy atom. The second kappa shape index (κ2) is 9.91. The number of hydrogen-bond acceptors (Lipinski definition) is 4. The van der Waals surface area contributed by atoms with E-state index in [0.29, 0.717) is 23.1 Å². The molecular formula is C25H24Cl2F2N2O2S. The van der Waals surface area contributed by atoms with Crippen LogP contribution in [-0.2, 0) is 15.6 Å². The van der Waals surface area contributed by atoms with Gasteiger partial charge in [0, 0.05) is 41.2 Å². The van der Waals surface area contributed by atoms with Crippen LogP contribution in [-0.4, -0.2) is 38.7 Å². The van der Waals surface area contributed by atoms with E-state index in [0.717, 1.165) is 29.3 Å². The molecule has 1 aliphatic rings. The summed E-state index contributed by atoms with van der Waals surface area (Å²) in [4.78, 5) is 2.16. The Hall–Kier alpha value is -2.03. The Morgan fingerprint density at radius 2 is 1.35 bits per heavy atom. The van der Waals surface area contributed by atoms with Gasteiger partial charge in [-0.1, -0.05) is 47.5 Å². The first-order valence-electron chi connectivity index (χ1n) is 10.7. The molecule has 2 N–H and O–H groups in total. The molecular weight excluding hydrogens is 501 g/mol. The number of benzene rings is 3. The van der Waals surface area contributed by atoms with Gasteiger partial charge < -0.3 is 5.73 Å². The van der Waals surface area contributed by atoms with Crippen LogP contribution in [0.1, 0.15) is 22.7 Å². The standard InChI is InChI=1S/C25H24Cl2F2N2O2S/c26-20-5-1-18(2-6-20)24(19-3-7-21(27)8-4-19)31-14-25(13-30,15-31)16-34(32,33)12-17-9-22(28)11-23(29)10-17/h1-11,24H,12-16,30H2.